The Kier molecular flexibility index (Phi) is 8.56. The first-order chi connectivity index (χ1) is 13.4. The first-order valence-electron chi connectivity index (χ1n) is 9.05. The van der Waals surface area contributed by atoms with Gasteiger partial charge in [-0.3, -0.25) is 9.59 Å². The number of benzene rings is 1. The van der Waals surface area contributed by atoms with Crippen molar-refractivity contribution in [2.75, 3.05) is 33.4 Å². The summed E-state index contributed by atoms with van der Waals surface area (Å²) in [6.07, 6.45) is -1.42. The Morgan fingerprint density at radius 3 is 2.50 bits per heavy atom. The molecule has 0 radical (unpaired) electrons. The van der Waals surface area contributed by atoms with Crippen molar-refractivity contribution >= 4 is 11.9 Å². The maximum Gasteiger partial charge on any atom is 0.387 e. The van der Waals surface area contributed by atoms with Crippen molar-refractivity contribution in [3.8, 4) is 5.75 Å². The third kappa shape index (κ3) is 6.12. The van der Waals surface area contributed by atoms with Crippen LogP contribution in [0.15, 0.2) is 24.3 Å². The van der Waals surface area contributed by atoms with E-state index in [0.717, 1.165) is 7.11 Å². The molecular weight excluding hydrogens is 379 g/mol. The molecule has 0 N–H and O–H groups in total. The van der Waals surface area contributed by atoms with Crippen molar-refractivity contribution in [1.82, 2.24) is 4.90 Å². The third-order valence-corrected chi connectivity index (χ3v) is 4.57. The average Bonchev–Trinajstić information content (AvgIpc) is 2.71. The molecule has 0 aliphatic carbocycles. The SMILES string of the molecule is COC(=O)[C@H](CCCc1ccccc1OC(F)F)[C@@H](F)C(=O)N1CCOCC1. The van der Waals surface area contributed by atoms with E-state index in [4.69, 9.17) is 4.74 Å². The summed E-state index contributed by atoms with van der Waals surface area (Å²) >= 11 is 0. The second-order valence-corrected chi connectivity index (χ2v) is 6.35. The molecule has 1 aromatic carbocycles. The number of hydrogen-bond donors (Lipinski definition) is 0. The Hall–Kier alpha value is -2.29. The van der Waals surface area contributed by atoms with Crippen molar-refractivity contribution < 1.29 is 37.0 Å². The number of alkyl halides is 3. The molecule has 2 atom stereocenters. The van der Waals surface area contributed by atoms with E-state index in [1.54, 1.807) is 18.2 Å². The van der Waals surface area contributed by atoms with Gasteiger partial charge in [0.1, 0.15) is 5.75 Å². The highest BCUT2D eigenvalue weighted by Crippen LogP contribution is 2.25. The van der Waals surface area contributed by atoms with E-state index in [-0.39, 0.29) is 31.7 Å². The Bertz CT molecular complexity index is 652. The number of halogens is 3. The van der Waals surface area contributed by atoms with Crippen molar-refractivity contribution in [1.29, 1.82) is 0 Å². The zero-order valence-electron chi connectivity index (χ0n) is 15.6. The maximum absolute atomic E-state index is 14.8. The van der Waals surface area contributed by atoms with E-state index in [9.17, 15) is 22.8 Å². The second-order valence-electron chi connectivity index (χ2n) is 6.35. The monoisotopic (exact) mass is 403 g/mol. The number of aryl methyl sites for hydroxylation is 1. The van der Waals surface area contributed by atoms with E-state index in [1.807, 2.05) is 0 Å². The number of methoxy groups -OCH3 is 1. The van der Waals surface area contributed by atoms with Crippen LogP contribution in [0.25, 0.3) is 0 Å². The summed E-state index contributed by atoms with van der Waals surface area (Å²) in [6, 6.07) is 6.28. The van der Waals surface area contributed by atoms with E-state index in [2.05, 4.69) is 9.47 Å². The molecule has 9 heteroatoms. The fourth-order valence-corrected chi connectivity index (χ4v) is 3.10. The van der Waals surface area contributed by atoms with Crippen LogP contribution in [0.1, 0.15) is 18.4 Å². The molecule has 1 aromatic rings. The number of para-hydroxylation sites is 1. The number of amides is 1. The van der Waals surface area contributed by atoms with Crippen molar-refractivity contribution in [2.24, 2.45) is 5.92 Å². The smallest absolute Gasteiger partial charge is 0.387 e. The highest BCUT2D eigenvalue weighted by atomic mass is 19.3. The molecule has 6 nitrogen and oxygen atoms in total. The van der Waals surface area contributed by atoms with Gasteiger partial charge in [0.2, 0.25) is 0 Å². The van der Waals surface area contributed by atoms with Crippen LogP contribution in [0, 0.1) is 5.92 Å². The van der Waals surface area contributed by atoms with Gasteiger partial charge in [-0.05, 0) is 30.9 Å². The van der Waals surface area contributed by atoms with Gasteiger partial charge >= 0.3 is 12.6 Å². The van der Waals surface area contributed by atoms with Gasteiger partial charge in [-0.15, -0.1) is 0 Å². The minimum atomic E-state index is -2.95. The number of esters is 1. The number of carbonyl (C=O) groups is 2. The summed E-state index contributed by atoms with van der Waals surface area (Å²) in [7, 11) is 1.13. The Labute approximate surface area is 161 Å². The van der Waals surface area contributed by atoms with Gasteiger partial charge in [0.05, 0.1) is 26.2 Å². The molecule has 1 aliphatic rings. The third-order valence-electron chi connectivity index (χ3n) is 4.57. The van der Waals surface area contributed by atoms with Gasteiger partial charge in [-0.25, -0.2) is 4.39 Å². The molecule has 2 rings (SSSR count). The van der Waals surface area contributed by atoms with Crippen LogP contribution in [0.5, 0.6) is 5.75 Å². The summed E-state index contributed by atoms with van der Waals surface area (Å²) < 4.78 is 54.0. The first kappa shape index (κ1) is 22.0. The molecule has 1 aliphatic heterocycles. The van der Waals surface area contributed by atoms with Gasteiger partial charge in [0, 0.05) is 13.1 Å². The molecule has 28 heavy (non-hydrogen) atoms. The highest BCUT2D eigenvalue weighted by molar-refractivity contribution is 5.87. The predicted molar refractivity (Wildman–Crippen MR) is 93.8 cm³/mol. The molecule has 0 aromatic heterocycles. The summed E-state index contributed by atoms with van der Waals surface area (Å²) in [5.41, 5.74) is 0.515. The van der Waals surface area contributed by atoms with Gasteiger partial charge in [0.15, 0.2) is 6.17 Å². The van der Waals surface area contributed by atoms with Crippen LogP contribution in [0.3, 0.4) is 0 Å². The standard InChI is InChI=1S/C19H24F3NO5/c1-26-18(25)14(16(20)17(24)23-9-11-27-12-10-23)7-4-6-13-5-2-3-8-15(13)28-19(21)22/h2-3,5,8,14,16,19H,4,6-7,9-12H2,1H3/t14-,16-/m1/s1. The van der Waals surface area contributed by atoms with E-state index in [1.165, 1.54) is 11.0 Å². The van der Waals surface area contributed by atoms with Gasteiger partial charge in [0.25, 0.3) is 5.91 Å². The normalized spacial score (nSPS) is 16.5. The van der Waals surface area contributed by atoms with Gasteiger partial charge in [-0.1, -0.05) is 18.2 Å². The zero-order chi connectivity index (χ0) is 20.5. The number of rotatable bonds is 9. The molecule has 0 saturated carbocycles. The van der Waals surface area contributed by atoms with Crippen LogP contribution in [-0.4, -0.2) is 63.0 Å². The van der Waals surface area contributed by atoms with Crippen LogP contribution in [-0.2, 0) is 25.5 Å². The van der Waals surface area contributed by atoms with Crippen molar-refractivity contribution in [2.45, 2.75) is 32.0 Å². The molecular formula is C19H24F3NO5. The molecule has 156 valence electrons. The zero-order valence-corrected chi connectivity index (χ0v) is 15.6. The lowest BCUT2D eigenvalue weighted by atomic mass is 9.94. The number of nitrogens with zero attached hydrogens (tertiary/aromatic N) is 1. The van der Waals surface area contributed by atoms with Gasteiger partial charge < -0.3 is 19.1 Å². The van der Waals surface area contributed by atoms with Crippen LogP contribution in [0.4, 0.5) is 13.2 Å². The molecule has 0 unspecified atom stereocenters. The first-order valence-corrected chi connectivity index (χ1v) is 9.05. The molecule has 1 saturated heterocycles. The largest absolute Gasteiger partial charge is 0.469 e. The summed E-state index contributed by atoms with van der Waals surface area (Å²) in [6.45, 7) is -1.77. The van der Waals surface area contributed by atoms with Crippen molar-refractivity contribution in [3.05, 3.63) is 29.8 Å². The highest BCUT2D eigenvalue weighted by Gasteiger charge is 2.37. The van der Waals surface area contributed by atoms with E-state index >= 15 is 0 Å². The predicted octanol–water partition coefficient (Wildman–Crippen LogP) is 2.60. The molecule has 1 amide bonds. The molecule has 0 spiro atoms. The van der Waals surface area contributed by atoms with E-state index < -0.39 is 30.6 Å². The fraction of sp³-hybridized carbons (Fsp3) is 0.579. The lowest BCUT2D eigenvalue weighted by molar-refractivity contribution is -0.155. The molecule has 0 bridgehead atoms. The Morgan fingerprint density at radius 1 is 1.18 bits per heavy atom. The van der Waals surface area contributed by atoms with E-state index in [0.29, 0.717) is 25.2 Å². The molecule has 1 fully saturated rings. The van der Waals surface area contributed by atoms with Crippen LogP contribution in [0.2, 0.25) is 0 Å². The van der Waals surface area contributed by atoms with Crippen LogP contribution >= 0.6 is 0 Å². The number of morpholine rings is 1. The minimum Gasteiger partial charge on any atom is -0.469 e. The lowest BCUT2D eigenvalue weighted by Gasteiger charge is -2.29. The number of hydrogen-bond acceptors (Lipinski definition) is 5. The minimum absolute atomic E-state index is 0.0347. The van der Waals surface area contributed by atoms with Gasteiger partial charge in [-0.2, -0.15) is 8.78 Å². The topological polar surface area (TPSA) is 65.1 Å². The lowest BCUT2D eigenvalue weighted by Crippen LogP contribution is -2.47. The molecule has 1 heterocycles. The fourth-order valence-electron chi connectivity index (χ4n) is 3.10. The Morgan fingerprint density at radius 2 is 1.86 bits per heavy atom. The summed E-state index contributed by atoms with van der Waals surface area (Å²) in [5, 5.41) is 0. The summed E-state index contributed by atoms with van der Waals surface area (Å²) in [5.74, 6) is -2.80. The maximum atomic E-state index is 14.8. The summed E-state index contributed by atoms with van der Waals surface area (Å²) in [4.78, 5) is 25.7. The average molecular weight is 403 g/mol. The van der Waals surface area contributed by atoms with Crippen molar-refractivity contribution in [3.63, 3.8) is 0 Å². The Balaban J connectivity index is 1.99. The number of carbonyl (C=O) groups excluding carboxylic acids is 2. The number of ether oxygens (including phenoxy) is 3. The van der Waals surface area contributed by atoms with Crippen LogP contribution < -0.4 is 4.74 Å². The second kappa shape index (κ2) is 10.9. The quantitative estimate of drug-likeness (QED) is 0.593.